The van der Waals surface area contributed by atoms with Crippen molar-refractivity contribution in [1.82, 2.24) is 5.32 Å². The van der Waals surface area contributed by atoms with Crippen molar-refractivity contribution in [2.75, 3.05) is 20.0 Å². The van der Waals surface area contributed by atoms with Crippen LogP contribution in [0.2, 0.25) is 0 Å². The smallest absolute Gasteiger partial charge is 0.282 e. The molecule has 9 nitrogen and oxygen atoms in total. The van der Waals surface area contributed by atoms with Gasteiger partial charge in [-0.05, 0) is 6.07 Å². The van der Waals surface area contributed by atoms with Crippen molar-refractivity contribution in [2.24, 2.45) is 10.2 Å². The molecule has 1 amide bonds. The van der Waals surface area contributed by atoms with Crippen LogP contribution in [0.3, 0.4) is 0 Å². The van der Waals surface area contributed by atoms with Crippen LogP contribution < -0.4 is 14.8 Å². The minimum atomic E-state index is -0.553. The Kier molecular flexibility index (Phi) is 4.94. The Bertz CT molecular complexity index is 674. The van der Waals surface area contributed by atoms with Crippen molar-refractivity contribution < 1.29 is 19.2 Å². The van der Waals surface area contributed by atoms with Crippen LogP contribution in [0.15, 0.2) is 22.3 Å². The molecule has 1 aliphatic heterocycles. The van der Waals surface area contributed by atoms with Gasteiger partial charge in [-0.25, -0.2) is 0 Å². The van der Waals surface area contributed by atoms with Crippen LogP contribution in [0, 0.1) is 10.1 Å². The monoisotopic (exact) mass is 324 g/mol. The highest BCUT2D eigenvalue weighted by molar-refractivity contribution is 8.15. The molecule has 1 heterocycles. The van der Waals surface area contributed by atoms with Crippen molar-refractivity contribution in [3.8, 4) is 11.5 Å². The van der Waals surface area contributed by atoms with Gasteiger partial charge in [-0.3, -0.25) is 14.9 Å². The minimum Gasteiger partial charge on any atom is -0.493 e. The molecule has 0 bridgehead atoms. The first kappa shape index (κ1) is 15.8. The molecule has 1 fully saturated rings. The molecule has 0 aliphatic carbocycles. The van der Waals surface area contributed by atoms with E-state index in [1.54, 1.807) is 0 Å². The number of nitro groups is 1. The summed E-state index contributed by atoms with van der Waals surface area (Å²) in [5.41, 5.74) is 0.0195. The number of nitrogens with one attached hydrogen (secondary N) is 1. The van der Waals surface area contributed by atoms with Gasteiger partial charge in [0.2, 0.25) is 5.91 Å². The number of rotatable bonds is 5. The van der Waals surface area contributed by atoms with E-state index >= 15 is 0 Å². The Balaban J connectivity index is 2.32. The van der Waals surface area contributed by atoms with Gasteiger partial charge in [-0.2, -0.15) is 5.10 Å². The maximum atomic E-state index is 11.1. The molecule has 2 rings (SSSR count). The van der Waals surface area contributed by atoms with E-state index in [1.165, 1.54) is 44.3 Å². The van der Waals surface area contributed by atoms with Gasteiger partial charge in [0.1, 0.15) is 0 Å². The van der Waals surface area contributed by atoms with Crippen LogP contribution in [-0.4, -0.2) is 42.2 Å². The summed E-state index contributed by atoms with van der Waals surface area (Å²) in [5.74, 6) is 0.711. The lowest BCUT2D eigenvalue weighted by atomic mass is 10.1. The molecule has 0 radical (unpaired) electrons. The first-order valence-electron chi connectivity index (χ1n) is 5.99. The Morgan fingerprint density at radius 3 is 2.59 bits per heavy atom. The molecule has 1 N–H and O–H groups in total. The summed E-state index contributed by atoms with van der Waals surface area (Å²) in [5, 5.41) is 21.5. The standard InChI is InChI=1S/C12H12N4O5S/c1-20-9-3-7(8(16(18)19)4-10(9)21-2)5-13-15-12-14-11(17)6-22-12/h3-5H,6H2,1-2H3,(H,14,15,17). The van der Waals surface area contributed by atoms with Crippen LogP contribution in [0.25, 0.3) is 0 Å². The minimum absolute atomic E-state index is 0.156. The molecule has 10 heteroatoms. The SMILES string of the molecule is COc1cc(C=NN=C2NC(=O)CS2)c([N+](=O)[O-])cc1OC. The molecular weight excluding hydrogens is 312 g/mol. The summed E-state index contributed by atoms with van der Waals surface area (Å²) in [7, 11) is 2.82. The summed E-state index contributed by atoms with van der Waals surface area (Å²) in [6.07, 6.45) is 1.22. The van der Waals surface area contributed by atoms with Gasteiger partial charge < -0.3 is 14.8 Å². The zero-order valence-electron chi connectivity index (χ0n) is 11.7. The number of hydrogen-bond acceptors (Lipinski definition) is 8. The fourth-order valence-electron chi connectivity index (χ4n) is 1.67. The number of methoxy groups -OCH3 is 2. The average molecular weight is 324 g/mol. The fraction of sp³-hybridized carbons (Fsp3) is 0.250. The summed E-state index contributed by atoms with van der Waals surface area (Å²) in [6.45, 7) is 0. The molecule has 0 unspecified atom stereocenters. The highest BCUT2D eigenvalue weighted by Crippen LogP contribution is 2.33. The number of benzene rings is 1. The fourth-order valence-corrected chi connectivity index (χ4v) is 2.30. The Hall–Kier alpha value is -2.62. The summed E-state index contributed by atoms with van der Waals surface area (Å²) < 4.78 is 10.1. The summed E-state index contributed by atoms with van der Waals surface area (Å²) in [6, 6.07) is 2.68. The van der Waals surface area contributed by atoms with Gasteiger partial charge in [0.25, 0.3) is 5.69 Å². The van der Waals surface area contributed by atoms with Crippen LogP contribution in [0.5, 0.6) is 11.5 Å². The highest BCUT2D eigenvalue weighted by Gasteiger charge is 2.19. The largest absolute Gasteiger partial charge is 0.493 e. The molecule has 1 aromatic rings. The summed E-state index contributed by atoms with van der Waals surface area (Å²) >= 11 is 1.21. The molecule has 1 aliphatic rings. The first-order chi connectivity index (χ1) is 10.5. The number of carbonyl (C=O) groups excluding carboxylic acids is 1. The van der Waals surface area contributed by atoms with E-state index in [0.29, 0.717) is 10.9 Å². The number of carbonyl (C=O) groups is 1. The van der Waals surface area contributed by atoms with Crippen molar-refractivity contribution >= 4 is 34.7 Å². The molecule has 0 spiro atoms. The second-order valence-electron chi connectivity index (χ2n) is 4.01. The molecule has 22 heavy (non-hydrogen) atoms. The quantitative estimate of drug-likeness (QED) is 0.494. The molecule has 1 saturated heterocycles. The Morgan fingerprint density at radius 1 is 1.36 bits per heavy atom. The van der Waals surface area contributed by atoms with Gasteiger partial charge in [-0.1, -0.05) is 11.8 Å². The lowest BCUT2D eigenvalue weighted by molar-refractivity contribution is -0.385. The number of nitrogens with zero attached hydrogens (tertiary/aromatic N) is 3. The molecule has 1 aromatic carbocycles. The first-order valence-corrected chi connectivity index (χ1v) is 6.97. The molecule has 116 valence electrons. The lowest BCUT2D eigenvalue weighted by Gasteiger charge is -2.08. The molecule has 0 aromatic heterocycles. The molecular formula is C12H12N4O5S. The maximum absolute atomic E-state index is 11.1. The molecule has 0 atom stereocenters. The van der Waals surface area contributed by atoms with E-state index in [9.17, 15) is 14.9 Å². The predicted octanol–water partition coefficient (Wildman–Crippen LogP) is 1.16. The zero-order valence-corrected chi connectivity index (χ0v) is 12.5. The van der Waals surface area contributed by atoms with Crippen LogP contribution in [0.4, 0.5) is 5.69 Å². The normalized spacial score (nSPS) is 16.1. The predicted molar refractivity (Wildman–Crippen MR) is 81.8 cm³/mol. The van der Waals surface area contributed by atoms with Crippen molar-refractivity contribution in [2.45, 2.75) is 0 Å². The number of nitro benzene ring substituents is 1. The van der Waals surface area contributed by atoms with E-state index in [1.807, 2.05) is 0 Å². The van der Waals surface area contributed by atoms with Crippen molar-refractivity contribution in [1.29, 1.82) is 0 Å². The second kappa shape index (κ2) is 6.89. The maximum Gasteiger partial charge on any atom is 0.282 e. The van der Waals surface area contributed by atoms with E-state index in [2.05, 4.69) is 15.5 Å². The van der Waals surface area contributed by atoms with Gasteiger partial charge in [0.15, 0.2) is 16.7 Å². The van der Waals surface area contributed by atoms with Crippen molar-refractivity contribution in [3.63, 3.8) is 0 Å². The Morgan fingerprint density at radius 2 is 2.05 bits per heavy atom. The average Bonchev–Trinajstić information content (AvgIpc) is 2.91. The van der Waals surface area contributed by atoms with Gasteiger partial charge in [0, 0.05) is 0 Å². The van der Waals surface area contributed by atoms with E-state index in [0.717, 1.165) is 0 Å². The highest BCUT2D eigenvalue weighted by atomic mass is 32.2. The number of ether oxygens (including phenoxy) is 2. The van der Waals surface area contributed by atoms with Gasteiger partial charge in [-0.15, -0.1) is 5.10 Å². The molecule has 0 saturated carbocycles. The lowest BCUT2D eigenvalue weighted by Crippen LogP contribution is -2.19. The number of thioether (sulfide) groups is 1. The number of hydrogen-bond donors (Lipinski definition) is 1. The number of amidine groups is 1. The Labute approximate surface area is 129 Å². The third-order valence-corrected chi connectivity index (χ3v) is 3.52. The van der Waals surface area contributed by atoms with Crippen molar-refractivity contribution in [3.05, 3.63) is 27.8 Å². The van der Waals surface area contributed by atoms with Gasteiger partial charge >= 0.3 is 0 Å². The van der Waals surface area contributed by atoms with Crippen LogP contribution in [0.1, 0.15) is 5.56 Å². The van der Waals surface area contributed by atoms with Crippen LogP contribution in [-0.2, 0) is 4.79 Å². The summed E-state index contributed by atoms with van der Waals surface area (Å²) in [4.78, 5) is 21.5. The topological polar surface area (TPSA) is 115 Å². The zero-order chi connectivity index (χ0) is 16.1. The second-order valence-corrected chi connectivity index (χ2v) is 4.97. The number of amides is 1. The van der Waals surface area contributed by atoms with Gasteiger partial charge in [0.05, 0.1) is 42.7 Å². The van der Waals surface area contributed by atoms with E-state index in [-0.39, 0.29) is 28.7 Å². The van der Waals surface area contributed by atoms with E-state index in [4.69, 9.17) is 9.47 Å². The third kappa shape index (κ3) is 3.52. The van der Waals surface area contributed by atoms with Crippen LogP contribution >= 0.6 is 11.8 Å². The van der Waals surface area contributed by atoms with E-state index < -0.39 is 4.92 Å². The third-order valence-electron chi connectivity index (χ3n) is 2.66.